The van der Waals surface area contributed by atoms with Gasteiger partial charge in [0.2, 0.25) is 0 Å². The molecule has 0 aliphatic heterocycles. The van der Waals surface area contributed by atoms with E-state index in [1.54, 1.807) is 0 Å². The fourth-order valence-corrected chi connectivity index (χ4v) is 1.28. The zero-order valence-electron chi connectivity index (χ0n) is 7.11. The minimum atomic E-state index is -1.06. The number of hydrogen-bond donors (Lipinski definition) is 0. The van der Waals surface area contributed by atoms with Gasteiger partial charge in [0.25, 0.3) is 0 Å². The molecule has 0 heterocycles. The van der Waals surface area contributed by atoms with E-state index in [9.17, 15) is 0 Å². The van der Waals surface area contributed by atoms with Gasteiger partial charge in [-0.3, -0.25) is 0 Å². The van der Waals surface area contributed by atoms with Crippen LogP contribution >= 0.6 is 8.60 Å². The third kappa shape index (κ3) is 8.88. The summed E-state index contributed by atoms with van der Waals surface area (Å²) in [6.45, 7) is 7.71. The van der Waals surface area contributed by atoms with Gasteiger partial charge in [0, 0.05) is 0 Å². The molecule has 0 rings (SSSR count). The van der Waals surface area contributed by atoms with Gasteiger partial charge in [-0.05, 0) is 20.8 Å². The van der Waals surface area contributed by atoms with Gasteiger partial charge in [-0.2, -0.15) is 0 Å². The molecule has 0 aromatic rings. The van der Waals surface area contributed by atoms with Crippen molar-refractivity contribution in [3.63, 3.8) is 0 Å². The van der Waals surface area contributed by atoms with E-state index in [-0.39, 0.29) is 20.4 Å². The zero-order chi connectivity index (χ0) is 7.82. The van der Waals surface area contributed by atoms with Gasteiger partial charge < -0.3 is 13.6 Å². The van der Waals surface area contributed by atoms with E-state index in [2.05, 4.69) is 0 Å². The SMILES string of the molecule is CCOP(OCC)OCC.[Pd+2]. The van der Waals surface area contributed by atoms with E-state index in [0.29, 0.717) is 19.8 Å². The molecule has 0 amide bonds. The number of hydrogen-bond acceptors (Lipinski definition) is 3. The van der Waals surface area contributed by atoms with Crippen LogP contribution in [0.1, 0.15) is 20.8 Å². The first-order chi connectivity index (χ1) is 4.85. The molecular weight excluding hydrogens is 257 g/mol. The third-order valence-electron chi connectivity index (χ3n) is 0.704. The van der Waals surface area contributed by atoms with Crippen molar-refractivity contribution in [2.75, 3.05) is 19.8 Å². The van der Waals surface area contributed by atoms with Crippen molar-refractivity contribution >= 4 is 8.60 Å². The molecule has 3 nitrogen and oxygen atoms in total. The molecule has 0 saturated heterocycles. The van der Waals surface area contributed by atoms with Crippen LogP contribution in [0.5, 0.6) is 0 Å². The molecule has 5 heteroatoms. The van der Waals surface area contributed by atoms with Crippen LogP contribution in [0.2, 0.25) is 0 Å². The second kappa shape index (κ2) is 11.0. The summed E-state index contributed by atoms with van der Waals surface area (Å²) in [7, 11) is -1.06. The summed E-state index contributed by atoms with van der Waals surface area (Å²) in [6.07, 6.45) is 0. The van der Waals surface area contributed by atoms with Crippen LogP contribution in [0.4, 0.5) is 0 Å². The average molecular weight is 273 g/mol. The van der Waals surface area contributed by atoms with Crippen molar-refractivity contribution in [3.8, 4) is 0 Å². The van der Waals surface area contributed by atoms with Crippen LogP contribution in [-0.4, -0.2) is 19.8 Å². The standard InChI is InChI=1S/C6H15O3P.Pd/c1-4-7-10(8-5-2)9-6-3;/h4-6H2,1-3H3;/q;+2. The van der Waals surface area contributed by atoms with Gasteiger partial charge >= 0.3 is 29.0 Å². The minimum absolute atomic E-state index is 0. The maximum atomic E-state index is 5.14. The molecule has 0 fully saturated rings. The second-order valence-corrected chi connectivity index (χ2v) is 2.70. The monoisotopic (exact) mass is 272 g/mol. The maximum Gasteiger partial charge on any atom is 2.00 e. The van der Waals surface area contributed by atoms with E-state index in [1.807, 2.05) is 20.8 Å². The molecule has 0 saturated carbocycles. The van der Waals surface area contributed by atoms with Crippen molar-refractivity contribution in [2.45, 2.75) is 20.8 Å². The first-order valence-corrected chi connectivity index (χ1v) is 4.63. The Bertz CT molecular complexity index is 60.6. The summed E-state index contributed by atoms with van der Waals surface area (Å²) in [4.78, 5) is 0. The molecule has 0 aromatic heterocycles. The van der Waals surface area contributed by atoms with Crippen molar-refractivity contribution < 1.29 is 34.0 Å². The Kier molecular flexibility index (Phi) is 14.5. The summed E-state index contributed by atoms with van der Waals surface area (Å²) in [5.41, 5.74) is 0. The number of rotatable bonds is 6. The molecule has 70 valence electrons. The largest absolute Gasteiger partial charge is 2.00 e. The Morgan fingerprint density at radius 2 is 1.09 bits per heavy atom. The van der Waals surface area contributed by atoms with Crippen molar-refractivity contribution in [1.82, 2.24) is 0 Å². The maximum absolute atomic E-state index is 5.14. The summed E-state index contributed by atoms with van der Waals surface area (Å²) in [5, 5.41) is 0. The Hall–Kier alpha value is 0.972. The van der Waals surface area contributed by atoms with Crippen LogP contribution in [-0.2, 0) is 34.0 Å². The van der Waals surface area contributed by atoms with E-state index < -0.39 is 8.60 Å². The molecule has 0 aromatic carbocycles. The van der Waals surface area contributed by atoms with Crippen LogP contribution in [0.15, 0.2) is 0 Å². The first-order valence-electron chi connectivity index (χ1n) is 3.54. The van der Waals surface area contributed by atoms with Gasteiger partial charge in [-0.25, -0.2) is 0 Å². The van der Waals surface area contributed by atoms with Crippen LogP contribution < -0.4 is 0 Å². The zero-order valence-corrected chi connectivity index (χ0v) is 9.56. The van der Waals surface area contributed by atoms with Gasteiger partial charge in [0.15, 0.2) is 0 Å². The quantitative estimate of drug-likeness (QED) is 0.549. The molecule has 0 atom stereocenters. The van der Waals surface area contributed by atoms with E-state index in [0.717, 1.165) is 0 Å². The molecule has 0 spiro atoms. The van der Waals surface area contributed by atoms with Crippen molar-refractivity contribution in [3.05, 3.63) is 0 Å². The summed E-state index contributed by atoms with van der Waals surface area (Å²) >= 11 is 0. The topological polar surface area (TPSA) is 27.7 Å². The Labute approximate surface area is 83.4 Å². The normalized spacial score (nSPS) is 9.82. The third-order valence-corrected chi connectivity index (χ3v) is 2.11. The summed E-state index contributed by atoms with van der Waals surface area (Å²) < 4.78 is 15.4. The predicted molar refractivity (Wildman–Crippen MR) is 41.8 cm³/mol. The van der Waals surface area contributed by atoms with E-state index >= 15 is 0 Å². The fourth-order valence-electron chi connectivity index (χ4n) is 0.428. The minimum Gasteiger partial charge on any atom is -0.313 e. The second-order valence-electron chi connectivity index (χ2n) is 1.48. The smallest absolute Gasteiger partial charge is 0.313 e. The van der Waals surface area contributed by atoms with Gasteiger partial charge in [0.05, 0.1) is 19.8 Å². The van der Waals surface area contributed by atoms with Gasteiger partial charge in [0.1, 0.15) is 0 Å². The molecule has 0 unspecified atom stereocenters. The van der Waals surface area contributed by atoms with Gasteiger partial charge in [-0.1, -0.05) is 0 Å². The van der Waals surface area contributed by atoms with Crippen LogP contribution in [0.25, 0.3) is 0 Å². The summed E-state index contributed by atoms with van der Waals surface area (Å²) in [5.74, 6) is 0. The first kappa shape index (κ1) is 14.5. The average Bonchev–Trinajstić information content (AvgIpc) is 1.90. The Morgan fingerprint density at radius 1 is 0.818 bits per heavy atom. The fraction of sp³-hybridized carbons (Fsp3) is 1.00. The predicted octanol–water partition coefficient (Wildman–Crippen LogP) is 2.32. The van der Waals surface area contributed by atoms with E-state index in [4.69, 9.17) is 13.6 Å². The van der Waals surface area contributed by atoms with Crippen molar-refractivity contribution in [1.29, 1.82) is 0 Å². The van der Waals surface area contributed by atoms with E-state index in [1.165, 1.54) is 0 Å². The Morgan fingerprint density at radius 3 is 1.27 bits per heavy atom. The molecule has 0 aliphatic rings. The molecule has 0 radical (unpaired) electrons. The summed E-state index contributed by atoms with van der Waals surface area (Å²) in [6, 6.07) is 0. The van der Waals surface area contributed by atoms with Crippen molar-refractivity contribution in [2.24, 2.45) is 0 Å². The molecule has 0 N–H and O–H groups in total. The molecule has 0 aliphatic carbocycles. The molecule has 11 heavy (non-hydrogen) atoms. The van der Waals surface area contributed by atoms with Crippen LogP contribution in [0, 0.1) is 0 Å². The molecular formula is C6H15O3PPd+2. The van der Waals surface area contributed by atoms with Gasteiger partial charge in [-0.15, -0.1) is 0 Å². The Balaban J connectivity index is 0. The van der Waals surface area contributed by atoms with Crippen LogP contribution in [0.3, 0.4) is 0 Å². The molecule has 0 bridgehead atoms.